The zero-order valence-corrected chi connectivity index (χ0v) is 8.99. The summed E-state index contributed by atoms with van der Waals surface area (Å²) in [7, 11) is 0. The maximum Gasteiger partial charge on any atom is 0.170 e. The molecule has 0 saturated heterocycles. The number of benzene rings is 1. The van der Waals surface area contributed by atoms with Crippen molar-refractivity contribution in [1.82, 2.24) is 0 Å². The molecular formula is C10H7Cl2NO. The molecule has 1 aromatic rings. The van der Waals surface area contributed by atoms with Crippen molar-refractivity contribution in [3.05, 3.63) is 27.7 Å². The minimum atomic E-state index is 0.0473. The number of carbonyl (C=O) groups excluding carboxylic acids is 1. The van der Waals surface area contributed by atoms with E-state index in [0.717, 1.165) is 5.71 Å². The topological polar surface area (TPSA) is 29.4 Å². The van der Waals surface area contributed by atoms with Crippen LogP contribution in [0.3, 0.4) is 0 Å². The minimum Gasteiger partial charge on any atom is -0.294 e. The third-order valence-electron chi connectivity index (χ3n) is 2.09. The van der Waals surface area contributed by atoms with Gasteiger partial charge in [-0.2, -0.15) is 0 Å². The van der Waals surface area contributed by atoms with Crippen molar-refractivity contribution in [2.45, 2.75) is 13.3 Å². The molecule has 0 aliphatic carbocycles. The molecule has 0 amide bonds. The third-order valence-corrected chi connectivity index (χ3v) is 2.88. The van der Waals surface area contributed by atoms with E-state index in [-0.39, 0.29) is 5.78 Å². The first-order valence-electron chi connectivity index (χ1n) is 4.15. The molecule has 0 spiro atoms. The second kappa shape index (κ2) is 3.37. The molecular weight excluding hydrogens is 221 g/mol. The lowest BCUT2D eigenvalue weighted by atomic mass is 10.0. The number of ketones is 1. The third kappa shape index (κ3) is 1.45. The summed E-state index contributed by atoms with van der Waals surface area (Å²) in [6.45, 7) is 1.80. The van der Waals surface area contributed by atoms with E-state index < -0.39 is 0 Å². The van der Waals surface area contributed by atoms with Gasteiger partial charge >= 0.3 is 0 Å². The van der Waals surface area contributed by atoms with E-state index >= 15 is 0 Å². The van der Waals surface area contributed by atoms with Crippen LogP contribution in [0, 0.1) is 0 Å². The van der Waals surface area contributed by atoms with Gasteiger partial charge in [0.25, 0.3) is 0 Å². The van der Waals surface area contributed by atoms with E-state index in [1.165, 1.54) is 0 Å². The van der Waals surface area contributed by atoms with Gasteiger partial charge in [0.15, 0.2) is 5.78 Å². The zero-order chi connectivity index (χ0) is 10.3. The summed E-state index contributed by atoms with van der Waals surface area (Å²) < 4.78 is 0. The Balaban J connectivity index is 2.73. The van der Waals surface area contributed by atoms with E-state index in [1.807, 2.05) is 0 Å². The van der Waals surface area contributed by atoms with Crippen LogP contribution in [0.1, 0.15) is 23.7 Å². The summed E-state index contributed by atoms with van der Waals surface area (Å²) >= 11 is 11.8. The predicted molar refractivity (Wildman–Crippen MR) is 58.2 cm³/mol. The van der Waals surface area contributed by atoms with Gasteiger partial charge < -0.3 is 0 Å². The van der Waals surface area contributed by atoms with E-state index in [4.69, 9.17) is 23.2 Å². The van der Waals surface area contributed by atoms with Crippen molar-refractivity contribution in [2.24, 2.45) is 4.99 Å². The fraction of sp³-hybridized carbons (Fsp3) is 0.200. The van der Waals surface area contributed by atoms with Gasteiger partial charge in [-0.25, -0.2) is 0 Å². The van der Waals surface area contributed by atoms with Gasteiger partial charge in [0, 0.05) is 17.7 Å². The lowest BCUT2D eigenvalue weighted by Crippen LogP contribution is -2.10. The molecule has 14 heavy (non-hydrogen) atoms. The molecule has 2 rings (SSSR count). The lowest BCUT2D eigenvalue weighted by molar-refractivity contribution is 0.0999. The molecule has 1 aliphatic heterocycles. The van der Waals surface area contributed by atoms with Crippen molar-refractivity contribution in [3.8, 4) is 0 Å². The zero-order valence-electron chi connectivity index (χ0n) is 7.47. The van der Waals surface area contributed by atoms with Crippen LogP contribution in [0.25, 0.3) is 0 Å². The largest absolute Gasteiger partial charge is 0.294 e. The van der Waals surface area contributed by atoms with Crippen LogP contribution in [0.5, 0.6) is 0 Å². The van der Waals surface area contributed by atoms with Crippen molar-refractivity contribution in [1.29, 1.82) is 0 Å². The Morgan fingerprint density at radius 1 is 1.36 bits per heavy atom. The lowest BCUT2D eigenvalue weighted by Gasteiger charge is -2.13. The van der Waals surface area contributed by atoms with Crippen molar-refractivity contribution >= 4 is 40.4 Å². The Morgan fingerprint density at radius 2 is 2.07 bits per heavy atom. The average molecular weight is 228 g/mol. The summed E-state index contributed by atoms with van der Waals surface area (Å²) in [5, 5.41) is 0.785. The number of hydrogen-bond donors (Lipinski definition) is 0. The van der Waals surface area contributed by atoms with Gasteiger partial charge in [0.05, 0.1) is 15.7 Å². The number of carbonyl (C=O) groups is 1. The van der Waals surface area contributed by atoms with Gasteiger partial charge in [-0.15, -0.1) is 0 Å². The molecule has 4 heteroatoms. The Morgan fingerprint density at radius 3 is 2.79 bits per heavy atom. The molecule has 0 saturated carbocycles. The number of Topliss-reactive ketones (excluding diaryl/α,β-unsaturated/α-hetero) is 1. The molecule has 1 heterocycles. The standard InChI is InChI=1S/C10H7Cl2NO/c1-5-4-8(14)6-2-3-7(11)9(12)10(6)13-5/h2-3H,4H2,1H3. The highest BCUT2D eigenvalue weighted by atomic mass is 35.5. The fourth-order valence-electron chi connectivity index (χ4n) is 1.43. The smallest absolute Gasteiger partial charge is 0.170 e. The molecule has 0 atom stereocenters. The minimum absolute atomic E-state index is 0.0473. The first-order chi connectivity index (χ1) is 6.59. The van der Waals surface area contributed by atoms with Crippen LogP contribution < -0.4 is 0 Å². The van der Waals surface area contributed by atoms with Gasteiger partial charge in [0.2, 0.25) is 0 Å². The van der Waals surface area contributed by atoms with Crippen molar-refractivity contribution < 1.29 is 4.79 Å². The van der Waals surface area contributed by atoms with Gasteiger partial charge in [-0.1, -0.05) is 23.2 Å². The molecule has 2 nitrogen and oxygen atoms in total. The Kier molecular flexibility index (Phi) is 2.33. The van der Waals surface area contributed by atoms with Crippen molar-refractivity contribution in [3.63, 3.8) is 0 Å². The maximum absolute atomic E-state index is 11.6. The second-order valence-electron chi connectivity index (χ2n) is 3.20. The van der Waals surface area contributed by atoms with E-state index in [0.29, 0.717) is 27.7 Å². The number of nitrogens with zero attached hydrogens (tertiary/aromatic N) is 1. The maximum atomic E-state index is 11.6. The van der Waals surface area contributed by atoms with Crippen LogP contribution in [0.2, 0.25) is 10.0 Å². The highest BCUT2D eigenvalue weighted by molar-refractivity contribution is 6.44. The molecule has 1 aromatic carbocycles. The van der Waals surface area contributed by atoms with E-state index in [1.54, 1.807) is 19.1 Å². The number of aliphatic imine (C=N–C) groups is 1. The molecule has 0 fully saturated rings. The summed E-state index contributed by atoms with van der Waals surface area (Å²) in [5.74, 6) is 0.0473. The van der Waals surface area contributed by atoms with Gasteiger partial charge in [0.1, 0.15) is 0 Å². The van der Waals surface area contributed by atoms with Crippen LogP contribution in [-0.2, 0) is 0 Å². The normalized spacial score (nSPS) is 15.1. The monoisotopic (exact) mass is 227 g/mol. The fourth-order valence-corrected chi connectivity index (χ4v) is 1.79. The Hall–Kier alpha value is -0.860. The molecule has 0 unspecified atom stereocenters. The molecule has 0 radical (unpaired) electrons. The Bertz CT molecular complexity index is 452. The predicted octanol–water partition coefficient (Wildman–Crippen LogP) is 3.67. The van der Waals surface area contributed by atoms with Crippen LogP contribution in [-0.4, -0.2) is 11.5 Å². The average Bonchev–Trinajstić information content (AvgIpc) is 2.12. The highest BCUT2D eigenvalue weighted by Crippen LogP contribution is 2.38. The molecule has 0 N–H and O–H groups in total. The van der Waals surface area contributed by atoms with Crippen LogP contribution in [0.15, 0.2) is 17.1 Å². The van der Waals surface area contributed by atoms with Gasteiger partial charge in [-0.3, -0.25) is 9.79 Å². The quantitative estimate of drug-likeness (QED) is 0.666. The van der Waals surface area contributed by atoms with E-state index in [9.17, 15) is 4.79 Å². The van der Waals surface area contributed by atoms with E-state index in [2.05, 4.69) is 4.99 Å². The molecule has 1 aliphatic rings. The molecule has 0 aromatic heterocycles. The summed E-state index contributed by atoms with van der Waals surface area (Å²) in [5.41, 5.74) is 1.84. The Labute approximate surface area is 91.5 Å². The van der Waals surface area contributed by atoms with Crippen molar-refractivity contribution in [2.75, 3.05) is 0 Å². The first-order valence-corrected chi connectivity index (χ1v) is 4.90. The van der Waals surface area contributed by atoms with Crippen LogP contribution >= 0.6 is 23.2 Å². The molecule has 0 bridgehead atoms. The SMILES string of the molecule is CC1=Nc2c(ccc(Cl)c2Cl)C(=O)C1. The second-order valence-corrected chi connectivity index (χ2v) is 3.99. The highest BCUT2D eigenvalue weighted by Gasteiger charge is 2.20. The number of fused-ring (bicyclic) bond motifs is 1. The summed E-state index contributed by atoms with van der Waals surface area (Å²) in [6, 6.07) is 3.29. The number of rotatable bonds is 0. The van der Waals surface area contributed by atoms with Crippen LogP contribution in [0.4, 0.5) is 5.69 Å². The molecule has 72 valence electrons. The number of halogens is 2. The number of hydrogen-bond acceptors (Lipinski definition) is 2. The summed E-state index contributed by atoms with van der Waals surface area (Å²) in [4.78, 5) is 15.8. The van der Waals surface area contributed by atoms with Gasteiger partial charge in [-0.05, 0) is 19.1 Å². The first kappa shape index (κ1) is 9.69. The summed E-state index contributed by atoms with van der Waals surface area (Å²) in [6.07, 6.45) is 0.366.